The van der Waals surface area contributed by atoms with Crippen LogP contribution in [0.1, 0.15) is 28.3 Å². The average Bonchev–Trinajstić information content (AvgIpc) is 3.26. The molecule has 0 saturated carbocycles. The summed E-state index contributed by atoms with van der Waals surface area (Å²) in [6.07, 6.45) is 2.91. The van der Waals surface area contributed by atoms with Gasteiger partial charge < -0.3 is 24.0 Å². The number of fused-ring (bicyclic) bond motifs is 1. The molecule has 0 aliphatic carbocycles. The number of imidazole rings is 1. The van der Waals surface area contributed by atoms with Gasteiger partial charge in [0.1, 0.15) is 18.2 Å². The van der Waals surface area contributed by atoms with Crippen LogP contribution in [0.2, 0.25) is 0 Å². The van der Waals surface area contributed by atoms with Crippen LogP contribution in [0.4, 0.5) is 5.82 Å². The molecule has 38 heavy (non-hydrogen) atoms. The number of pyridine rings is 2. The molecule has 196 valence electrons. The van der Waals surface area contributed by atoms with Crippen LogP contribution in [0.3, 0.4) is 0 Å². The van der Waals surface area contributed by atoms with Gasteiger partial charge in [0.2, 0.25) is 5.88 Å². The molecule has 2 saturated heterocycles. The second-order valence-corrected chi connectivity index (χ2v) is 9.64. The number of carboxylic acid groups (broad SMARTS) is 1. The Labute approximate surface area is 220 Å². The summed E-state index contributed by atoms with van der Waals surface area (Å²) in [6, 6.07) is 16.8. The van der Waals surface area contributed by atoms with Crippen molar-refractivity contribution in [1.82, 2.24) is 24.4 Å². The van der Waals surface area contributed by atoms with Gasteiger partial charge in [-0.15, -0.1) is 0 Å². The third-order valence-corrected chi connectivity index (χ3v) is 7.12. The van der Waals surface area contributed by atoms with E-state index in [4.69, 9.17) is 19.4 Å². The van der Waals surface area contributed by atoms with Gasteiger partial charge >= 0.3 is 5.97 Å². The van der Waals surface area contributed by atoms with Crippen molar-refractivity contribution in [3.05, 3.63) is 77.9 Å². The molecule has 4 aromatic rings. The molecule has 2 aliphatic heterocycles. The summed E-state index contributed by atoms with van der Waals surface area (Å²) in [5.41, 5.74) is 2.80. The molecule has 1 atom stereocenters. The van der Waals surface area contributed by atoms with E-state index in [1.165, 1.54) is 0 Å². The zero-order valence-electron chi connectivity index (χ0n) is 21.1. The van der Waals surface area contributed by atoms with Crippen LogP contribution in [-0.2, 0) is 24.4 Å². The lowest BCUT2D eigenvalue weighted by Crippen LogP contribution is -2.46. The number of benzene rings is 1. The number of rotatable bonds is 9. The normalized spacial score (nSPS) is 17.9. The quantitative estimate of drug-likeness (QED) is 0.360. The summed E-state index contributed by atoms with van der Waals surface area (Å²) in [7, 11) is 0. The Morgan fingerprint density at radius 2 is 1.92 bits per heavy atom. The van der Waals surface area contributed by atoms with Crippen LogP contribution in [0, 0.1) is 0 Å². The maximum atomic E-state index is 11.6. The highest BCUT2D eigenvalue weighted by molar-refractivity contribution is 5.92. The van der Waals surface area contributed by atoms with Crippen LogP contribution in [-0.4, -0.2) is 74.4 Å². The number of hydrogen-bond donors (Lipinski definition) is 1. The van der Waals surface area contributed by atoms with E-state index in [9.17, 15) is 9.90 Å². The molecule has 0 radical (unpaired) electrons. The molecule has 10 heteroatoms. The number of hydrogen-bond acceptors (Lipinski definition) is 8. The lowest BCUT2D eigenvalue weighted by atomic mass is 10.1. The molecule has 1 aromatic carbocycles. The molecule has 5 heterocycles. The molecule has 10 nitrogen and oxygen atoms in total. The third-order valence-electron chi connectivity index (χ3n) is 7.12. The van der Waals surface area contributed by atoms with Gasteiger partial charge in [-0.05, 0) is 42.8 Å². The summed E-state index contributed by atoms with van der Waals surface area (Å²) in [6.45, 7) is 5.94. The van der Waals surface area contributed by atoms with Crippen LogP contribution in [0.25, 0.3) is 11.0 Å². The lowest BCUT2D eigenvalue weighted by molar-refractivity contribution is -0.0592. The minimum atomic E-state index is -0.933. The smallest absolute Gasteiger partial charge is 0.335 e. The predicted octanol–water partition coefficient (Wildman–Crippen LogP) is 3.21. The number of carboxylic acids is 1. The zero-order valence-corrected chi connectivity index (χ0v) is 21.1. The van der Waals surface area contributed by atoms with Crippen molar-refractivity contribution in [2.75, 3.05) is 37.7 Å². The molecule has 1 unspecified atom stereocenters. The minimum Gasteiger partial charge on any atom is -0.478 e. The second kappa shape index (κ2) is 10.8. The predicted molar refractivity (Wildman–Crippen MR) is 141 cm³/mol. The lowest BCUT2D eigenvalue weighted by Gasteiger charge is -2.35. The molecule has 3 aromatic heterocycles. The monoisotopic (exact) mass is 514 g/mol. The number of ether oxygens (including phenoxy) is 2. The molecule has 0 spiro atoms. The molecule has 2 aliphatic rings. The molecular weight excluding hydrogens is 484 g/mol. The highest BCUT2D eigenvalue weighted by atomic mass is 16.5. The van der Waals surface area contributed by atoms with Gasteiger partial charge in [0, 0.05) is 45.0 Å². The highest BCUT2D eigenvalue weighted by Gasteiger charge is 2.25. The first-order valence-corrected chi connectivity index (χ1v) is 12.9. The summed E-state index contributed by atoms with van der Waals surface area (Å²) in [5, 5.41) is 9.48. The standard InChI is InChI=1S/C28H30N6O4/c35-28(36)20-7-8-23-24(16-20)34(17-22-9-15-37-22)26(30-23)18-32-11-13-33(14-12-32)25-5-3-6-27(31-25)38-19-21-4-1-2-10-29-21/h1-8,10,16,22H,9,11-15,17-19H2,(H,35,36). The van der Waals surface area contributed by atoms with Crippen molar-refractivity contribution in [3.63, 3.8) is 0 Å². The van der Waals surface area contributed by atoms with Gasteiger partial charge in [0.25, 0.3) is 0 Å². The van der Waals surface area contributed by atoms with Gasteiger partial charge in [-0.2, -0.15) is 4.98 Å². The van der Waals surface area contributed by atoms with Crippen molar-refractivity contribution in [1.29, 1.82) is 0 Å². The van der Waals surface area contributed by atoms with Crippen molar-refractivity contribution in [3.8, 4) is 5.88 Å². The van der Waals surface area contributed by atoms with E-state index in [1.54, 1.807) is 24.4 Å². The number of carbonyl (C=O) groups is 1. The van der Waals surface area contributed by atoms with Crippen LogP contribution in [0.15, 0.2) is 60.8 Å². The number of anilines is 1. The van der Waals surface area contributed by atoms with Gasteiger partial charge in [-0.1, -0.05) is 12.1 Å². The Bertz CT molecular complexity index is 1410. The van der Waals surface area contributed by atoms with Crippen LogP contribution in [0.5, 0.6) is 5.88 Å². The highest BCUT2D eigenvalue weighted by Crippen LogP contribution is 2.24. The largest absolute Gasteiger partial charge is 0.478 e. The van der Waals surface area contributed by atoms with Crippen molar-refractivity contribution in [2.45, 2.75) is 32.2 Å². The third kappa shape index (κ3) is 5.32. The van der Waals surface area contributed by atoms with E-state index in [-0.39, 0.29) is 11.7 Å². The second-order valence-electron chi connectivity index (χ2n) is 9.64. The topological polar surface area (TPSA) is 106 Å². The van der Waals surface area contributed by atoms with E-state index >= 15 is 0 Å². The van der Waals surface area contributed by atoms with E-state index in [0.717, 1.165) is 67.6 Å². The summed E-state index contributed by atoms with van der Waals surface area (Å²) >= 11 is 0. The summed E-state index contributed by atoms with van der Waals surface area (Å²) in [5.74, 6) is 1.49. The minimum absolute atomic E-state index is 0.148. The number of piperazine rings is 1. The fourth-order valence-corrected chi connectivity index (χ4v) is 4.89. The van der Waals surface area contributed by atoms with Crippen molar-refractivity contribution < 1.29 is 19.4 Å². The molecule has 6 rings (SSSR count). The van der Waals surface area contributed by atoms with Crippen LogP contribution >= 0.6 is 0 Å². The molecule has 2 fully saturated rings. The fourth-order valence-electron chi connectivity index (χ4n) is 4.89. The maximum absolute atomic E-state index is 11.6. The SMILES string of the molecule is O=C(O)c1ccc2nc(CN3CCN(c4cccc(OCc5ccccn5)n4)CC3)n(CC3CCO3)c2c1. The Morgan fingerprint density at radius 3 is 2.66 bits per heavy atom. The number of aromatic carboxylic acids is 1. The first-order valence-electron chi connectivity index (χ1n) is 12.9. The van der Waals surface area contributed by atoms with Crippen molar-refractivity contribution in [2.24, 2.45) is 0 Å². The fraction of sp³-hybridized carbons (Fsp3) is 0.357. The molecule has 0 amide bonds. The zero-order chi connectivity index (χ0) is 25.9. The van der Waals surface area contributed by atoms with E-state index < -0.39 is 5.97 Å². The number of aromatic nitrogens is 4. The summed E-state index contributed by atoms with van der Waals surface area (Å²) < 4.78 is 13.7. The molecular formula is C28H30N6O4. The number of nitrogens with zero attached hydrogens (tertiary/aromatic N) is 6. The Morgan fingerprint density at radius 1 is 1.05 bits per heavy atom. The molecule has 1 N–H and O–H groups in total. The first-order chi connectivity index (χ1) is 18.6. The van der Waals surface area contributed by atoms with Gasteiger partial charge in [0.15, 0.2) is 0 Å². The average molecular weight is 515 g/mol. The van der Waals surface area contributed by atoms with E-state index in [2.05, 4.69) is 19.4 Å². The van der Waals surface area contributed by atoms with Gasteiger partial charge in [-0.3, -0.25) is 9.88 Å². The Hall–Kier alpha value is -4.02. The Kier molecular flexibility index (Phi) is 6.89. The van der Waals surface area contributed by atoms with E-state index in [1.807, 2.05) is 36.4 Å². The molecule has 0 bridgehead atoms. The van der Waals surface area contributed by atoms with Gasteiger partial charge in [-0.25, -0.2) is 9.78 Å². The Balaban J connectivity index is 1.12. The van der Waals surface area contributed by atoms with E-state index in [0.29, 0.717) is 25.6 Å². The first kappa shape index (κ1) is 24.3. The summed E-state index contributed by atoms with van der Waals surface area (Å²) in [4.78, 5) is 30.1. The van der Waals surface area contributed by atoms with Crippen molar-refractivity contribution >= 4 is 22.8 Å². The van der Waals surface area contributed by atoms with Crippen LogP contribution < -0.4 is 9.64 Å². The maximum Gasteiger partial charge on any atom is 0.335 e. The van der Waals surface area contributed by atoms with Gasteiger partial charge in [0.05, 0.1) is 41.5 Å².